The summed E-state index contributed by atoms with van der Waals surface area (Å²) in [6.45, 7) is 2.05. The Morgan fingerprint density at radius 3 is 2.80 bits per heavy atom. The van der Waals surface area contributed by atoms with Crippen LogP contribution in [0, 0.1) is 0 Å². The van der Waals surface area contributed by atoms with Gasteiger partial charge in [-0.1, -0.05) is 24.3 Å². The first kappa shape index (κ1) is 14.6. The molecular weight excluding hydrogens is 254 g/mol. The highest BCUT2D eigenvalue weighted by atomic mass is 16.4. The minimum absolute atomic E-state index is 0.0587. The third-order valence-electron chi connectivity index (χ3n) is 3.98. The maximum Gasteiger partial charge on any atom is 0.323 e. The minimum atomic E-state index is -0.954. The van der Waals surface area contributed by atoms with Crippen LogP contribution in [0.1, 0.15) is 43.2 Å². The van der Waals surface area contributed by atoms with Crippen LogP contribution in [0.3, 0.4) is 0 Å². The van der Waals surface area contributed by atoms with Gasteiger partial charge in [0.2, 0.25) is 5.91 Å². The SMILES string of the molecule is CCN(CC(=O)O)C(=O)CC1CCCc2ccccc21. The summed E-state index contributed by atoms with van der Waals surface area (Å²) in [7, 11) is 0. The van der Waals surface area contributed by atoms with Gasteiger partial charge < -0.3 is 10.0 Å². The van der Waals surface area contributed by atoms with E-state index in [0.29, 0.717) is 13.0 Å². The van der Waals surface area contributed by atoms with E-state index in [1.165, 1.54) is 16.0 Å². The predicted octanol–water partition coefficient (Wildman–Crippen LogP) is 2.43. The topological polar surface area (TPSA) is 57.6 Å². The second kappa shape index (κ2) is 6.55. The van der Waals surface area contributed by atoms with E-state index < -0.39 is 5.97 Å². The molecule has 0 radical (unpaired) electrons. The molecule has 1 aliphatic rings. The number of nitrogens with zero attached hydrogens (tertiary/aromatic N) is 1. The summed E-state index contributed by atoms with van der Waals surface area (Å²) >= 11 is 0. The Kier molecular flexibility index (Phi) is 4.77. The number of hydrogen-bond acceptors (Lipinski definition) is 2. The normalized spacial score (nSPS) is 17.4. The number of likely N-dealkylation sites (N-methyl/N-ethyl adjacent to an activating group) is 1. The van der Waals surface area contributed by atoms with Gasteiger partial charge in [0.1, 0.15) is 6.54 Å². The Hall–Kier alpha value is -1.84. The molecule has 4 heteroatoms. The molecule has 108 valence electrons. The van der Waals surface area contributed by atoms with E-state index in [1.807, 2.05) is 19.1 Å². The summed E-state index contributed by atoms with van der Waals surface area (Å²) in [6, 6.07) is 8.27. The molecule has 0 saturated carbocycles. The monoisotopic (exact) mass is 275 g/mol. The van der Waals surface area contributed by atoms with Gasteiger partial charge in [-0.25, -0.2) is 0 Å². The molecule has 20 heavy (non-hydrogen) atoms. The number of carbonyl (C=O) groups excluding carboxylic acids is 1. The molecule has 1 unspecified atom stereocenters. The standard InChI is InChI=1S/C16H21NO3/c1-2-17(11-16(19)20)15(18)10-13-8-5-7-12-6-3-4-9-14(12)13/h3-4,6,9,13H,2,5,7-8,10-11H2,1H3,(H,19,20). The van der Waals surface area contributed by atoms with E-state index in [4.69, 9.17) is 5.11 Å². The fourth-order valence-corrected chi connectivity index (χ4v) is 2.95. The quantitative estimate of drug-likeness (QED) is 0.898. The Morgan fingerprint density at radius 2 is 2.10 bits per heavy atom. The van der Waals surface area contributed by atoms with Crippen LogP contribution in [0.5, 0.6) is 0 Å². The Balaban J connectivity index is 2.07. The van der Waals surface area contributed by atoms with Crippen LogP contribution >= 0.6 is 0 Å². The van der Waals surface area contributed by atoms with Crippen molar-refractivity contribution < 1.29 is 14.7 Å². The highest BCUT2D eigenvalue weighted by Crippen LogP contribution is 2.34. The zero-order chi connectivity index (χ0) is 14.5. The van der Waals surface area contributed by atoms with Crippen LogP contribution in [0.2, 0.25) is 0 Å². The molecular formula is C16H21NO3. The molecule has 0 aliphatic heterocycles. The van der Waals surface area contributed by atoms with Gasteiger partial charge >= 0.3 is 5.97 Å². The van der Waals surface area contributed by atoms with Gasteiger partial charge in [-0.05, 0) is 43.2 Å². The molecule has 4 nitrogen and oxygen atoms in total. The molecule has 1 aliphatic carbocycles. The maximum atomic E-state index is 12.3. The van der Waals surface area contributed by atoms with Crippen molar-refractivity contribution in [1.82, 2.24) is 4.90 Å². The molecule has 0 heterocycles. The first-order chi connectivity index (χ1) is 9.61. The summed E-state index contributed by atoms with van der Waals surface area (Å²) in [5, 5.41) is 8.83. The Bertz CT molecular complexity index is 498. The molecule has 2 rings (SSSR count). The van der Waals surface area contributed by atoms with Gasteiger partial charge in [-0.2, -0.15) is 0 Å². The van der Waals surface area contributed by atoms with Crippen molar-refractivity contribution in [2.24, 2.45) is 0 Å². The van der Waals surface area contributed by atoms with Crippen molar-refractivity contribution >= 4 is 11.9 Å². The summed E-state index contributed by atoms with van der Waals surface area (Å²) in [4.78, 5) is 24.4. The lowest BCUT2D eigenvalue weighted by Gasteiger charge is -2.27. The summed E-state index contributed by atoms with van der Waals surface area (Å²) in [5.41, 5.74) is 2.59. The lowest BCUT2D eigenvalue weighted by molar-refractivity contribution is -0.144. The number of aliphatic carboxylic acids is 1. The van der Waals surface area contributed by atoms with Gasteiger partial charge in [0.15, 0.2) is 0 Å². The number of fused-ring (bicyclic) bond motifs is 1. The smallest absolute Gasteiger partial charge is 0.323 e. The zero-order valence-electron chi connectivity index (χ0n) is 11.8. The van der Waals surface area contributed by atoms with E-state index in [9.17, 15) is 9.59 Å². The second-order valence-corrected chi connectivity index (χ2v) is 5.29. The highest BCUT2D eigenvalue weighted by molar-refractivity contribution is 5.82. The van der Waals surface area contributed by atoms with Crippen LogP contribution in [-0.2, 0) is 16.0 Å². The summed E-state index contributed by atoms with van der Waals surface area (Å²) < 4.78 is 0. The first-order valence-electron chi connectivity index (χ1n) is 7.19. The molecule has 0 saturated heterocycles. The van der Waals surface area contributed by atoms with E-state index in [2.05, 4.69) is 12.1 Å². The molecule has 1 amide bonds. The number of benzene rings is 1. The van der Waals surface area contributed by atoms with Gasteiger partial charge in [-0.3, -0.25) is 9.59 Å². The maximum absolute atomic E-state index is 12.3. The van der Waals surface area contributed by atoms with Crippen molar-refractivity contribution in [2.75, 3.05) is 13.1 Å². The first-order valence-corrected chi connectivity index (χ1v) is 7.19. The molecule has 0 spiro atoms. The van der Waals surface area contributed by atoms with E-state index in [0.717, 1.165) is 19.3 Å². The number of aryl methyl sites for hydroxylation is 1. The minimum Gasteiger partial charge on any atom is -0.480 e. The number of carboxylic acids is 1. The average molecular weight is 275 g/mol. The number of carbonyl (C=O) groups is 2. The lowest BCUT2D eigenvalue weighted by Crippen LogP contribution is -2.36. The molecule has 0 bridgehead atoms. The van der Waals surface area contributed by atoms with E-state index >= 15 is 0 Å². The fraction of sp³-hybridized carbons (Fsp3) is 0.500. The number of carboxylic acid groups (broad SMARTS) is 1. The van der Waals surface area contributed by atoms with Gasteiger partial charge in [0.25, 0.3) is 0 Å². The fourth-order valence-electron chi connectivity index (χ4n) is 2.95. The molecule has 1 N–H and O–H groups in total. The van der Waals surface area contributed by atoms with Crippen LogP contribution in [-0.4, -0.2) is 35.0 Å². The van der Waals surface area contributed by atoms with Crippen LogP contribution in [0.4, 0.5) is 0 Å². The zero-order valence-corrected chi connectivity index (χ0v) is 11.8. The molecule has 1 aromatic rings. The molecule has 1 atom stereocenters. The van der Waals surface area contributed by atoms with Crippen molar-refractivity contribution in [3.05, 3.63) is 35.4 Å². The van der Waals surface area contributed by atoms with E-state index in [-0.39, 0.29) is 18.4 Å². The van der Waals surface area contributed by atoms with Crippen molar-refractivity contribution in [3.63, 3.8) is 0 Å². The number of amides is 1. The average Bonchev–Trinajstić information content (AvgIpc) is 2.45. The largest absolute Gasteiger partial charge is 0.480 e. The molecule has 1 aromatic carbocycles. The van der Waals surface area contributed by atoms with Crippen LogP contribution in [0.15, 0.2) is 24.3 Å². The van der Waals surface area contributed by atoms with Gasteiger partial charge in [0.05, 0.1) is 0 Å². The van der Waals surface area contributed by atoms with Crippen molar-refractivity contribution in [1.29, 1.82) is 0 Å². The number of rotatable bonds is 5. The summed E-state index contributed by atoms with van der Waals surface area (Å²) in [6.07, 6.45) is 3.60. The van der Waals surface area contributed by atoms with Crippen LogP contribution < -0.4 is 0 Å². The molecule has 0 aromatic heterocycles. The third-order valence-corrected chi connectivity index (χ3v) is 3.98. The van der Waals surface area contributed by atoms with Crippen molar-refractivity contribution in [2.45, 2.75) is 38.5 Å². The van der Waals surface area contributed by atoms with Crippen molar-refractivity contribution in [3.8, 4) is 0 Å². The van der Waals surface area contributed by atoms with Gasteiger partial charge in [0, 0.05) is 13.0 Å². The number of hydrogen-bond donors (Lipinski definition) is 1. The lowest BCUT2D eigenvalue weighted by atomic mass is 9.81. The van der Waals surface area contributed by atoms with Gasteiger partial charge in [-0.15, -0.1) is 0 Å². The molecule has 0 fully saturated rings. The second-order valence-electron chi connectivity index (χ2n) is 5.29. The van der Waals surface area contributed by atoms with E-state index in [1.54, 1.807) is 0 Å². The Labute approximate surface area is 119 Å². The van der Waals surface area contributed by atoms with Crippen LogP contribution in [0.25, 0.3) is 0 Å². The Morgan fingerprint density at radius 1 is 1.35 bits per heavy atom. The summed E-state index contributed by atoms with van der Waals surface area (Å²) in [5.74, 6) is -0.781. The highest BCUT2D eigenvalue weighted by Gasteiger charge is 2.24. The predicted molar refractivity (Wildman–Crippen MR) is 76.6 cm³/mol. The third kappa shape index (κ3) is 3.38.